The average molecular weight is 790 g/mol. The zero-order chi connectivity index (χ0) is 40.2. The smallest absolute Gasteiger partial charge is 0.306 e. The summed E-state index contributed by atoms with van der Waals surface area (Å²) in [6.07, 6.45) is 33.8. The molecule has 0 saturated carbocycles. The summed E-state index contributed by atoms with van der Waals surface area (Å²) < 4.78 is 28.2. The fraction of sp³-hybridized carbons (Fsp3) is 0.955. The van der Waals surface area contributed by atoms with Crippen LogP contribution in [0.1, 0.15) is 219 Å². The second kappa shape index (κ2) is 36.5. The number of ketones is 1. The molecular weight excluding hydrogens is 701 g/mol. The number of ether oxygens (including phenoxy) is 1. The number of aliphatic hydroxyl groups is 1. The van der Waals surface area contributed by atoms with Gasteiger partial charge in [-0.15, -0.1) is 0 Å². The Labute approximate surface area is 333 Å². The Balaban J connectivity index is 4.49. The van der Waals surface area contributed by atoms with E-state index in [4.69, 9.17) is 13.8 Å². The van der Waals surface area contributed by atoms with Crippen molar-refractivity contribution < 1.29 is 42.4 Å². The number of carbonyl (C=O) groups excluding carboxylic acids is 2. The summed E-state index contributed by atoms with van der Waals surface area (Å²) in [4.78, 5) is 38.3. The van der Waals surface area contributed by atoms with Gasteiger partial charge in [-0.1, -0.05) is 194 Å². The zero-order valence-electron chi connectivity index (χ0n) is 36.1. The number of aliphatic hydroxyl groups excluding tert-OH is 1. The minimum absolute atomic E-state index is 0.0732. The van der Waals surface area contributed by atoms with E-state index in [2.05, 4.69) is 13.8 Å². The molecule has 0 aliphatic carbocycles. The van der Waals surface area contributed by atoms with Crippen molar-refractivity contribution in [3.8, 4) is 0 Å². The van der Waals surface area contributed by atoms with Gasteiger partial charge in [0.2, 0.25) is 0 Å². The predicted molar refractivity (Wildman–Crippen MR) is 222 cm³/mol. The molecule has 3 atom stereocenters. The van der Waals surface area contributed by atoms with Gasteiger partial charge in [0.05, 0.1) is 27.7 Å². The number of hydrogen-bond acceptors (Lipinski definition) is 8. The molecule has 0 saturated heterocycles. The number of carbonyl (C=O) groups is 2. The van der Waals surface area contributed by atoms with Crippen LogP contribution in [0.25, 0.3) is 0 Å². The molecule has 322 valence electrons. The molecular formula is C44H88NO8P. The normalized spacial score (nSPS) is 14.2. The van der Waals surface area contributed by atoms with Crippen LogP contribution in [-0.2, 0) is 27.9 Å². The van der Waals surface area contributed by atoms with Gasteiger partial charge in [-0.25, -0.2) is 0 Å². The second-order valence-corrected chi connectivity index (χ2v) is 18.3. The molecule has 0 aromatic heterocycles. The van der Waals surface area contributed by atoms with Crippen molar-refractivity contribution in [3.05, 3.63) is 0 Å². The lowest BCUT2D eigenvalue weighted by atomic mass is 10.0. The predicted octanol–water partition coefficient (Wildman–Crippen LogP) is 11.6. The number of hydrogen-bond donors (Lipinski definition) is 1. The summed E-state index contributed by atoms with van der Waals surface area (Å²) >= 11 is 0. The molecule has 0 rings (SSSR count). The van der Waals surface area contributed by atoms with Crippen LogP contribution in [0, 0.1) is 0 Å². The Morgan fingerprint density at radius 3 is 1.24 bits per heavy atom. The molecule has 0 aliphatic heterocycles. The molecule has 1 N–H and O–H groups in total. The lowest BCUT2D eigenvalue weighted by Gasteiger charge is -2.29. The van der Waals surface area contributed by atoms with Crippen molar-refractivity contribution in [1.29, 1.82) is 0 Å². The van der Waals surface area contributed by atoms with Gasteiger partial charge >= 0.3 is 5.97 Å². The van der Waals surface area contributed by atoms with Crippen LogP contribution in [-0.4, -0.2) is 74.5 Å². The fourth-order valence-electron chi connectivity index (χ4n) is 6.73. The highest BCUT2D eigenvalue weighted by molar-refractivity contribution is 7.45. The molecule has 3 unspecified atom stereocenters. The summed E-state index contributed by atoms with van der Waals surface area (Å²) in [5, 5.41) is 10.8. The van der Waals surface area contributed by atoms with E-state index >= 15 is 0 Å². The van der Waals surface area contributed by atoms with E-state index in [0.717, 1.165) is 38.5 Å². The number of rotatable bonds is 42. The zero-order valence-corrected chi connectivity index (χ0v) is 37.0. The highest BCUT2D eigenvalue weighted by atomic mass is 31.2. The van der Waals surface area contributed by atoms with Crippen LogP contribution in [0.3, 0.4) is 0 Å². The van der Waals surface area contributed by atoms with Crippen molar-refractivity contribution in [2.45, 2.75) is 232 Å². The van der Waals surface area contributed by atoms with Crippen molar-refractivity contribution in [3.63, 3.8) is 0 Å². The first-order valence-electron chi connectivity index (χ1n) is 22.7. The first-order chi connectivity index (χ1) is 25.9. The number of esters is 1. The van der Waals surface area contributed by atoms with E-state index < -0.39 is 38.4 Å². The van der Waals surface area contributed by atoms with Crippen LogP contribution >= 0.6 is 7.82 Å². The maximum Gasteiger partial charge on any atom is 0.306 e. The Hall–Kier alpha value is -0.830. The second-order valence-electron chi connectivity index (χ2n) is 16.9. The van der Waals surface area contributed by atoms with E-state index in [-0.39, 0.29) is 19.4 Å². The molecule has 0 aliphatic rings. The monoisotopic (exact) mass is 790 g/mol. The van der Waals surface area contributed by atoms with Gasteiger partial charge in [0, 0.05) is 12.8 Å². The molecule has 0 aromatic rings. The van der Waals surface area contributed by atoms with Crippen molar-refractivity contribution in [2.24, 2.45) is 0 Å². The highest BCUT2D eigenvalue weighted by Gasteiger charge is 2.31. The Morgan fingerprint density at radius 2 is 0.889 bits per heavy atom. The molecule has 0 amide bonds. The van der Waals surface area contributed by atoms with Crippen LogP contribution in [0.4, 0.5) is 0 Å². The molecule has 54 heavy (non-hydrogen) atoms. The average Bonchev–Trinajstić information content (AvgIpc) is 3.12. The molecule has 9 nitrogen and oxygen atoms in total. The molecule has 0 bridgehead atoms. The third-order valence-electron chi connectivity index (χ3n) is 10.4. The Kier molecular flexibility index (Phi) is 35.9. The van der Waals surface area contributed by atoms with Crippen molar-refractivity contribution >= 4 is 19.6 Å². The molecule has 0 fully saturated rings. The van der Waals surface area contributed by atoms with Crippen LogP contribution in [0.5, 0.6) is 0 Å². The minimum Gasteiger partial charge on any atom is -0.756 e. The molecule has 0 heterocycles. The van der Waals surface area contributed by atoms with Gasteiger partial charge in [-0.3, -0.25) is 14.2 Å². The van der Waals surface area contributed by atoms with E-state index in [9.17, 15) is 24.2 Å². The van der Waals surface area contributed by atoms with E-state index in [0.29, 0.717) is 23.9 Å². The van der Waals surface area contributed by atoms with E-state index in [1.165, 1.54) is 141 Å². The summed E-state index contributed by atoms with van der Waals surface area (Å²) in [6.45, 7) is 4.16. The Bertz CT molecular complexity index is 912. The van der Waals surface area contributed by atoms with Gasteiger partial charge in [-0.05, 0) is 12.8 Å². The summed E-state index contributed by atoms with van der Waals surface area (Å²) in [5.74, 6) is -0.958. The number of nitrogens with zero attached hydrogens (tertiary/aromatic N) is 1. The van der Waals surface area contributed by atoms with Gasteiger partial charge in [-0.2, -0.15) is 0 Å². The van der Waals surface area contributed by atoms with E-state index in [1.807, 2.05) is 21.1 Å². The Morgan fingerprint density at radius 1 is 0.556 bits per heavy atom. The van der Waals surface area contributed by atoms with Crippen molar-refractivity contribution in [2.75, 3.05) is 40.9 Å². The lowest BCUT2D eigenvalue weighted by molar-refractivity contribution is -0.870. The third kappa shape index (κ3) is 36.8. The van der Waals surface area contributed by atoms with Gasteiger partial charge in [0.25, 0.3) is 7.82 Å². The van der Waals surface area contributed by atoms with Crippen molar-refractivity contribution in [1.82, 2.24) is 0 Å². The van der Waals surface area contributed by atoms with Crippen LogP contribution in [0.2, 0.25) is 0 Å². The minimum atomic E-state index is -4.71. The summed E-state index contributed by atoms with van der Waals surface area (Å²) in [7, 11) is 1.02. The first kappa shape index (κ1) is 53.2. The van der Waals surface area contributed by atoms with Crippen LogP contribution in [0.15, 0.2) is 0 Å². The molecule has 0 spiro atoms. The standard InChI is InChI=1S/C44H88NO8P/c1-6-8-10-12-14-16-18-20-22-24-26-28-30-32-34-36-41(46)44(42(47)40-52-54(49,50)51-39-38-45(3,4)5)53-43(48)37-35-33-31-29-27-25-23-21-19-17-15-13-11-9-7-2/h42,44,47H,6-40H2,1-5H3. The maximum atomic E-state index is 13.2. The summed E-state index contributed by atoms with van der Waals surface area (Å²) in [5.41, 5.74) is 0. The summed E-state index contributed by atoms with van der Waals surface area (Å²) in [6, 6.07) is 0. The highest BCUT2D eigenvalue weighted by Crippen LogP contribution is 2.38. The number of quaternary nitrogens is 1. The van der Waals surface area contributed by atoms with Gasteiger partial charge in [0.1, 0.15) is 19.3 Å². The molecule has 0 aromatic carbocycles. The quantitative estimate of drug-likeness (QED) is 0.0281. The topological polar surface area (TPSA) is 122 Å². The number of likely N-dealkylation sites (N-methyl/N-ethyl adjacent to an activating group) is 1. The van der Waals surface area contributed by atoms with Gasteiger partial charge < -0.3 is 28.3 Å². The first-order valence-corrected chi connectivity index (χ1v) is 24.2. The van der Waals surface area contributed by atoms with E-state index in [1.54, 1.807) is 0 Å². The maximum absolute atomic E-state index is 13.2. The number of Topliss-reactive ketones (excluding diaryl/α,β-unsaturated/α-hetero) is 1. The fourth-order valence-corrected chi connectivity index (χ4v) is 7.45. The van der Waals surface area contributed by atoms with Crippen LogP contribution < -0.4 is 4.89 Å². The molecule has 10 heteroatoms. The SMILES string of the molecule is CCCCCCCCCCCCCCCCCC(=O)OC(C(=O)CCCCCCCCCCCCCCCCC)C(O)COP(=O)([O-])OCC[N+](C)(C)C. The van der Waals surface area contributed by atoms with Gasteiger partial charge in [0.15, 0.2) is 11.9 Å². The number of phosphoric acid groups is 1. The third-order valence-corrected chi connectivity index (χ3v) is 11.3. The number of phosphoric ester groups is 1. The lowest BCUT2D eigenvalue weighted by Crippen LogP contribution is -2.41. The number of unbranched alkanes of at least 4 members (excludes halogenated alkanes) is 28. The molecule has 0 radical (unpaired) electrons. The largest absolute Gasteiger partial charge is 0.756 e.